The number of likely N-dealkylation sites (tertiary alicyclic amines) is 1. The van der Waals surface area contributed by atoms with Gasteiger partial charge >= 0.3 is 6.09 Å². The summed E-state index contributed by atoms with van der Waals surface area (Å²) < 4.78 is 38.5. The molecule has 0 spiro atoms. The largest absolute Gasteiger partial charge is 0.415 e. The van der Waals surface area contributed by atoms with Gasteiger partial charge in [0.25, 0.3) is 0 Å². The maximum atomic E-state index is 13.3. The molecule has 2 aliphatic heterocycles. The quantitative estimate of drug-likeness (QED) is 0.347. The number of halogens is 2. The van der Waals surface area contributed by atoms with Crippen LogP contribution in [0.2, 0.25) is 0 Å². The third-order valence-electron chi connectivity index (χ3n) is 6.80. The van der Waals surface area contributed by atoms with Crippen LogP contribution in [0, 0.1) is 29.4 Å². The van der Waals surface area contributed by atoms with E-state index in [1.165, 1.54) is 21.9 Å². The Morgan fingerprint density at radius 2 is 1.95 bits per heavy atom. The molecule has 0 radical (unpaired) electrons. The minimum absolute atomic E-state index is 0.0668. The summed E-state index contributed by atoms with van der Waals surface area (Å²) in [6.07, 6.45) is -2.01. The number of benzene rings is 1. The second-order valence-electron chi connectivity index (χ2n) is 9.37. The van der Waals surface area contributed by atoms with Gasteiger partial charge in [-0.25, -0.2) is 28.5 Å². The standard InChI is InChI=1S/C25H26F2N6O6/c26-15-5-4-14(10-16(15)27)38-25(37)32-8-6-13(7-9-32)2-1-3-18-30-22(28)19-23(31-18)33(12-29-19)24-21(36)20(35)17(11-34)39-24/h4-5,10,12-13,17,20-21,24,34-36H,2,6-9,11H2,(H2,28,30,31)/t17-,20?,21?,24-/m1/s1. The highest BCUT2D eigenvalue weighted by Crippen LogP contribution is 2.32. The number of aliphatic hydroxyl groups is 3. The Labute approximate surface area is 221 Å². The van der Waals surface area contributed by atoms with Crippen LogP contribution in [-0.2, 0) is 4.74 Å². The Bertz CT molecular complexity index is 1430. The lowest BCUT2D eigenvalue weighted by Crippen LogP contribution is -2.40. The summed E-state index contributed by atoms with van der Waals surface area (Å²) in [5.41, 5.74) is 6.57. The maximum absolute atomic E-state index is 13.3. The first-order valence-electron chi connectivity index (χ1n) is 12.3. The number of nitrogen functional groups attached to an aromatic ring is 1. The summed E-state index contributed by atoms with van der Waals surface area (Å²) in [6, 6.07) is 2.91. The number of hydrogen-bond acceptors (Lipinski definition) is 10. The van der Waals surface area contributed by atoms with E-state index in [-0.39, 0.29) is 34.5 Å². The lowest BCUT2D eigenvalue weighted by molar-refractivity contribution is -0.0511. The molecule has 5 rings (SSSR count). The van der Waals surface area contributed by atoms with E-state index in [0.717, 1.165) is 12.1 Å². The van der Waals surface area contributed by atoms with Crippen LogP contribution in [0.5, 0.6) is 5.75 Å². The molecular formula is C25H26F2N6O6. The van der Waals surface area contributed by atoms with Gasteiger partial charge in [-0.05, 0) is 36.8 Å². The molecule has 2 aromatic heterocycles. The number of piperidine rings is 1. The number of ether oxygens (including phenoxy) is 2. The molecule has 14 heteroatoms. The highest BCUT2D eigenvalue weighted by atomic mass is 19.2. The maximum Gasteiger partial charge on any atom is 0.415 e. The number of imidazole rings is 1. The first-order valence-corrected chi connectivity index (χ1v) is 12.3. The van der Waals surface area contributed by atoms with Gasteiger partial charge in [-0.3, -0.25) is 4.57 Å². The number of aliphatic hydroxyl groups excluding tert-OH is 3. The molecule has 2 fully saturated rings. The van der Waals surface area contributed by atoms with E-state index in [2.05, 4.69) is 26.8 Å². The normalized spacial score (nSPS) is 23.6. The molecule has 1 aromatic carbocycles. The van der Waals surface area contributed by atoms with Gasteiger partial charge in [-0.2, -0.15) is 0 Å². The van der Waals surface area contributed by atoms with Crippen molar-refractivity contribution < 1.29 is 38.4 Å². The molecule has 4 atom stereocenters. The molecule has 3 aromatic rings. The Kier molecular flexibility index (Phi) is 7.58. The molecule has 39 heavy (non-hydrogen) atoms. The second kappa shape index (κ2) is 11.1. The van der Waals surface area contributed by atoms with Crippen molar-refractivity contribution in [3.8, 4) is 17.6 Å². The Morgan fingerprint density at radius 3 is 2.64 bits per heavy atom. The van der Waals surface area contributed by atoms with Crippen LogP contribution in [0.15, 0.2) is 24.5 Å². The molecule has 5 N–H and O–H groups in total. The molecule has 4 heterocycles. The zero-order valence-electron chi connectivity index (χ0n) is 20.6. The zero-order valence-corrected chi connectivity index (χ0v) is 20.6. The van der Waals surface area contributed by atoms with E-state index < -0.39 is 48.9 Å². The number of rotatable bonds is 4. The van der Waals surface area contributed by atoms with E-state index >= 15 is 0 Å². The molecule has 0 saturated carbocycles. The first-order chi connectivity index (χ1) is 18.7. The molecule has 12 nitrogen and oxygen atoms in total. The van der Waals surface area contributed by atoms with Crippen molar-refractivity contribution in [2.24, 2.45) is 5.92 Å². The van der Waals surface area contributed by atoms with Crippen LogP contribution < -0.4 is 10.5 Å². The SMILES string of the molecule is Nc1nc(C#CCC2CCN(C(=O)Oc3ccc(F)c(F)c3)CC2)nc2c1ncn2[C@@H]1O[C@H](CO)C(O)C1O. The molecule has 1 amide bonds. The van der Waals surface area contributed by atoms with Crippen LogP contribution >= 0.6 is 0 Å². The number of amides is 1. The van der Waals surface area contributed by atoms with Gasteiger partial charge in [-0.1, -0.05) is 5.92 Å². The van der Waals surface area contributed by atoms with Crippen molar-refractivity contribution in [1.29, 1.82) is 0 Å². The fourth-order valence-electron chi connectivity index (χ4n) is 4.59. The molecule has 0 aliphatic carbocycles. The predicted molar refractivity (Wildman–Crippen MR) is 131 cm³/mol. The third kappa shape index (κ3) is 5.48. The number of aromatic nitrogens is 4. The van der Waals surface area contributed by atoms with Gasteiger partial charge in [0.1, 0.15) is 29.6 Å². The van der Waals surface area contributed by atoms with Crippen molar-refractivity contribution in [1.82, 2.24) is 24.4 Å². The number of nitrogens with two attached hydrogens (primary N) is 1. The van der Waals surface area contributed by atoms with Crippen molar-refractivity contribution >= 4 is 23.1 Å². The minimum atomic E-state index is -1.31. The van der Waals surface area contributed by atoms with Crippen molar-refractivity contribution in [2.45, 2.75) is 43.8 Å². The Balaban J connectivity index is 1.20. The topological polar surface area (TPSA) is 169 Å². The Morgan fingerprint density at radius 1 is 1.18 bits per heavy atom. The van der Waals surface area contributed by atoms with E-state index in [9.17, 15) is 28.9 Å². The number of anilines is 1. The average molecular weight is 545 g/mol. The lowest BCUT2D eigenvalue weighted by Gasteiger charge is -2.30. The van der Waals surface area contributed by atoms with E-state index in [4.69, 9.17) is 15.2 Å². The van der Waals surface area contributed by atoms with Crippen LogP contribution in [0.4, 0.5) is 19.4 Å². The summed E-state index contributed by atoms with van der Waals surface area (Å²) in [6.45, 7) is 0.380. The molecule has 206 valence electrons. The number of carbonyl (C=O) groups is 1. The van der Waals surface area contributed by atoms with Crippen LogP contribution in [0.1, 0.15) is 31.3 Å². The van der Waals surface area contributed by atoms with Gasteiger partial charge in [-0.15, -0.1) is 0 Å². The average Bonchev–Trinajstić information content (AvgIpc) is 3.47. The molecule has 2 unspecified atom stereocenters. The van der Waals surface area contributed by atoms with Crippen molar-refractivity contribution in [3.63, 3.8) is 0 Å². The van der Waals surface area contributed by atoms with Crippen LogP contribution in [-0.4, -0.2) is 83.8 Å². The van der Waals surface area contributed by atoms with Gasteiger partial charge in [0.05, 0.1) is 12.9 Å². The number of fused-ring (bicyclic) bond motifs is 1. The van der Waals surface area contributed by atoms with E-state index in [1.807, 2.05) is 0 Å². The first kappa shape index (κ1) is 26.7. The second-order valence-corrected chi connectivity index (χ2v) is 9.37. The third-order valence-corrected chi connectivity index (χ3v) is 6.80. The van der Waals surface area contributed by atoms with E-state index in [0.29, 0.717) is 32.4 Å². The molecule has 2 aliphatic rings. The monoisotopic (exact) mass is 544 g/mol. The minimum Gasteiger partial charge on any atom is -0.410 e. The fraction of sp³-hybridized carbons (Fsp3) is 0.440. The summed E-state index contributed by atoms with van der Waals surface area (Å²) in [7, 11) is 0. The Hall–Kier alpha value is -3.90. The van der Waals surface area contributed by atoms with Gasteiger partial charge in [0, 0.05) is 25.6 Å². The zero-order chi connectivity index (χ0) is 27.7. The fourth-order valence-corrected chi connectivity index (χ4v) is 4.59. The summed E-state index contributed by atoms with van der Waals surface area (Å²) in [5.74, 6) is 4.19. The summed E-state index contributed by atoms with van der Waals surface area (Å²) >= 11 is 0. The van der Waals surface area contributed by atoms with Crippen molar-refractivity contribution in [3.05, 3.63) is 42.0 Å². The number of hydrogen-bond donors (Lipinski definition) is 4. The summed E-state index contributed by atoms with van der Waals surface area (Å²) in [5, 5.41) is 29.8. The lowest BCUT2D eigenvalue weighted by atomic mass is 9.94. The van der Waals surface area contributed by atoms with E-state index in [1.54, 1.807) is 0 Å². The smallest absolute Gasteiger partial charge is 0.410 e. The molecule has 2 saturated heterocycles. The molecule has 0 bridgehead atoms. The van der Waals surface area contributed by atoms with Gasteiger partial charge < -0.3 is 35.4 Å². The van der Waals surface area contributed by atoms with Gasteiger partial charge in [0.15, 0.2) is 29.3 Å². The summed E-state index contributed by atoms with van der Waals surface area (Å²) in [4.78, 5) is 26.6. The van der Waals surface area contributed by atoms with Gasteiger partial charge in [0.2, 0.25) is 5.82 Å². The number of nitrogens with zero attached hydrogens (tertiary/aromatic N) is 5. The highest BCUT2D eigenvalue weighted by Gasteiger charge is 2.44. The van der Waals surface area contributed by atoms with Crippen molar-refractivity contribution in [2.75, 3.05) is 25.4 Å². The highest BCUT2D eigenvalue weighted by molar-refractivity contribution is 5.82. The predicted octanol–water partition coefficient (Wildman–Crippen LogP) is 0.951. The van der Waals surface area contributed by atoms with Crippen LogP contribution in [0.25, 0.3) is 11.2 Å². The number of carbonyl (C=O) groups excluding carboxylic acids is 1. The molecular weight excluding hydrogens is 518 g/mol. The van der Waals surface area contributed by atoms with Crippen LogP contribution in [0.3, 0.4) is 0 Å².